The average molecular weight is 625 g/mol. The summed E-state index contributed by atoms with van der Waals surface area (Å²) in [6, 6.07) is 19.6. The van der Waals surface area contributed by atoms with Crippen molar-refractivity contribution in [2.45, 2.75) is 105 Å². The maximum Gasteiger partial charge on any atom is 0.317 e. The lowest BCUT2D eigenvalue weighted by atomic mass is 9.87. The summed E-state index contributed by atoms with van der Waals surface area (Å²) in [4.78, 5) is 41.1. The van der Waals surface area contributed by atoms with Gasteiger partial charge in [0.25, 0.3) is 5.91 Å². The minimum atomic E-state index is -1.39. The van der Waals surface area contributed by atoms with E-state index in [1.54, 1.807) is 39.5 Å². The SMILES string of the molecule is C[C@@H](c1ccccc1)N1CC(O)[C@](C)(C(=O)OC(C)(C)C)C1.C[C@@H](c1ccccc1)N1C[C@@](C)(C(=O)OC(C)(C)C)C(O)C1=O. The van der Waals surface area contributed by atoms with Crippen molar-refractivity contribution in [3.05, 3.63) is 71.8 Å². The Bertz CT molecular complexity index is 1320. The Morgan fingerprint density at radius 2 is 1.18 bits per heavy atom. The Kier molecular flexibility index (Phi) is 10.9. The molecule has 2 N–H and O–H groups in total. The summed E-state index contributed by atoms with van der Waals surface area (Å²) >= 11 is 0. The first-order chi connectivity index (χ1) is 20.7. The van der Waals surface area contributed by atoms with Crippen molar-refractivity contribution in [2.75, 3.05) is 19.6 Å². The van der Waals surface area contributed by atoms with Crippen LogP contribution in [-0.4, -0.2) is 80.9 Å². The number of hydrogen-bond acceptors (Lipinski definition) is 8. The predicted octanol–water partition coefficient (Wildman–Crippen LogP) is 5.07. The second kappa shape index (κ2) is 13.6. The molecule has 2 aliphatic heterocycles. The number of likely N-dealkylation sites (tertiary alicyclic amines) is 2. The van der Waals surface area contributed by atoms with Crippen molar-refractivity contribution >= 4 is 17.8 Å². The van der Waals surface area contributed by atoms with Gasteiger partial charge in [-0.3, -0.25) is 19.3 Å². The van der Waals surface area contributed by atoms with Crippen LogP contribution in [0.15, 0.2) is 60.7 Å². The van der Waals surface area contributed by atoms with Crippen molar-refractivity contribution in [1.82, 2.24) is 9.80 Å². The second-order valence-corrected chi connectivity index (χ2v) is 14.8. The van der Waals surface area contributed by atoms with Gasteiger partial charge in [0.2, 0.25) is 0 Å². The lowest BCUT2D eigenvalue weighted by Crippen LogP contribution is -2.44. The van der Waals surface area contributed by atoms with Gasteiger partial charge in [0.15, 0.2) is 6.10 Å². The van der Waals surface area contributed by atoms with Gasteiger partial charge in [-0.05, 0) is 80.4 Å². The number of carbonyl (C=O) groups is 3. The summed E-state index contributed by atoms with van der Waals surface area (Å²) < 4.78 is 10.9. The molecule has 45 heavy (non-hydrogen) atoms. The summed E-state index contributed by atoms with van der Waals surface area (Å²) in [5.74, 6) is -1.31. The van der Waals surface area contributed by atoms with Crippen LogP contribution in [0.3, 0.4) is 0 Å². The van der Waals surface area contributed by atoms with Crippen LogP contribution < -0.4 is 0 Å². The molecule has 4 rings (SSSR count). The number of esters is 2. The number of benzene rings is 2. The summed E-state index contributed by atoms with van der Waals surface area (Å²) in [6.07, 6.45) is -2.10. The zero-order valence-corrected chi connectivity index (χ0v) is 28.5. The third-order valence-electron chi connectivity index (χ3n) is 8.60. The maximum atomic E-state index is 12.5. The fourth-order valence-electron chi connectivity index (χ4n) is 5.61. The van der Waals surface area contributed by atoms with Crippen molar-refractivity contribution in [2.24, 2.45) is 10.8 Å². The summed E-state index contributed by atoms with van der Waals surface area (Å²) in [5.41, 5.74) is -1.20. The van der Waals surface area contributed by atoms with E-state index in [-0.39, 0.29) is 24.6 Å². The zero-order valence-electron chi connectivity index (χ0n) is 28.5. The molecular weight excluding hydrogens is 572 g/mol. The van der Waals surface area contributed by atoms with Gasteiger partial charge in [-0.2, -0.15) is 0 Å². The Hall–Kier alpha value is -3.27. The van der Waals surface area contributed by atoms with E-state index >= 15 is 0 Å². The van der Waals surface area contributed by atoms with Crippen LogP contribution in [0.4, 0.5) is 0 Å². The number of aliphatic hydroxyl groups excluding tert-OH is 2. The Balaban J connectivity index is 0.000000246. The van der Waals surface area contributed by atoms with Crippen molar-refractivity contribution in [1.29, 1.82) is 0 Å². The molecule has 1 amide bonds. The highest BCUT2D eigenvalue weighted by Gasteiger charge is 2.56. The minimum Gasteiger partial charge on any atom is -0.459 e. The number of aliphatic hydroxyl groups is 2. The Morgan fingerprint density at radius 3 is 1.62 bits per heavy atom. The van der Waals surface area contributed by atoms with Crippen molar-refractivity contribution in [3.63, 3.8) is 0 Å². The molecular formula is C36H52N2O7. The van der Waals surface area contributed by atoms with E-state index in [9.17, 15) is 24.6 Å². The molecule has 9 heteroatoms. The van der Waals surface area contributed by atoms with Gasteiger partial charge in [0, 0.05) is 25.7 Å². The van der Waals surface area contributed by atoms with E-state index in [1.165, 1.54) is 5.56 Å². The van der Waals surface area contributed by atoms with E-state index < -0.39 is 46.1 Å². The van der Waals surface area contributed by atoms with Gasteiger partial charge >= 0.3 is 11.9 Å². The van der Waals surface area contributed by atoms with E-state index in [1.807, 2.05) is 76.2 Å². The number of β-amino-alcohol motifs (C(OH)–C–C–N with tert-alkyl or cyclic N) is 1. The number of nitrogens with zero attached hydrogens (tertiary/aromatic N) is 2. The quantitative estimate of drug-likeness (QED) is 0.428. The second-order valence-electron chi connectivity index (χ2n) is 14.8. The zero-order chi connectivity index (χ0) is 34.0. The van der Waals surface area contributed by atoms with Gasteiger partial charge in [-0.25, -0.2) is 0 Å². The first kappa shape index (κ1) is 36.2. The molecule has 0 radical (unpaired) electrons. The van der Waals surface area contributed by atoms with Crippen LogP contribution in [0.2, 0.25) is 0 Å². The highest BCUT2D eigenvalue weighted by molar-refractivity contribution is 5.93. The predicted molar refractivity (Wildman–Crippen MR) is 173 cm³/mol. The van der Waals surface area contributed by atoms with Crippen LogP contribution in [0.5, 0.6) is 0 Å². The summed E-state index contributed by atoms with van der Waals surface area (Å²) in [7, 11) is 0. The molecule has 2 aromatic carbocycles. The molecule has 248 valence electrons. The third kappa shape index (κ3) is 8.51. The monoisotopic (exact) mass is 624 g/mol. The molecule has 9 nitrogen and oxygen atoms in total. The maximum absolute atomic E-state index is 12.5. The normalized spacial score (nSPS) is 26.9. The molecule has 0 aliphatic carbocycles. The fraction of sp³-hybridized carbons (Fsp3) is 0.583. The van der Waals surface area contributed by atoms with E-state index in [4.69, 9.17) is 9.47 Å². The number of rotatable bonds is 6. The summed E-state index contributed by atoms with van der Waals surface area (Å²) in [5, 5.41) is 20.8. The molecule has 0 spiro atoms. The topological polar surface area (TPSA) is 117 Å². The molecule has 0 bridgehead atoms. The average Bonchev–Trinajstić information content (AvgIpc) is 3.40. The van der Waals surface area contributed by atoms with Gasteiger partial charge in [0.1, 0.15) is 22.0 Å². The van der Waals surface area contributed by atoms with Gasteiger partial charge in [0.05, 0.1) is 12.1 Å². The lowest BCUT2D eigenvalue weighted by Gasteiger charge is -2.30. The molecule has 2 aliphatic rings. The molecule has 6 atom stereocenters. The highest BCUT2D eigenvalue weighted by Crippen LogP contribution is 2.39. The van der Waals surface area contributed by atoms with Crippen LogP contribution in [-0.2, 0) is 23.9 Å². The first-order valence-corrected chi connectivity index (χ1v) is 15.7. The molecule has 2 saturated heterocycles. The largest absolute Gasteiger partial charge is 0.459 e. The molecule has 0 saturated carbocycles. The summed E-state index contributed by atoms with van der Waals surface area (Å²) in [6.45, 7) is 19.3. The number of amides is 1. The number of ether oxygens (including phenoxy) is 2. The lowest BCUT2D eigenvalue weighted by molar-refractivity contribution is -0.172. The van der Waals surface area contributed by atoms with Crippen LogP contribution in [0, 0.1) is 10.8 Å². The molecule has 0 aromatic heterocycles. The number of hydrogen-bond donors (Lipinski definition) is 2. The standard InChI is InChI=1S/C18H25NO4.C18H27NO3/c1-12(13-9-7-6-8-10-13)19-11-18(5,14(20)15(19)21)16(22)23-17(2,3)4;1-13(14-9-7-6-8-10-14)19-11-15(20)18(5,12-19)16(21)22-17(2,3)4/h6-10,12,14,20H,11H2,1-5H3;6-10,13,15,20H,11-12H2,1-5H3/t12-,14?,18+;13-,15?,18+/m00/s1. The van der Waals surface area contributed by atoms with E-state index in [2.05, 4.69) is 24.0 Å². The van der Waals surface area contributed by atoms with Gasteiger partial charge < -0.3 is 24.6 Å². The molecule has 2 fully saturated rings. The van der Waals surface area contributed by atoms with E-state index in [0.29, 0.717) is 13.1 Å². The fourth-order valence-corrected chi connectivity index (χ4v) is 5.61. The third-order valence-corrected chi connectivity index (χ3v) is 8.60. The van der Waals surface area contributed by atoms with Crippen LogP contribution in [0.1, 0.15) is 92.4 Å². The molecule has 2 unspecified atom stereocenters. The van der Waals surface area contributed by atoms with Gasteiger partial charge in [-0.15, -0.1) is 0 Å². The van der Waals surface area contributed by atoms with Crippen LogP contribution >= 0.6 is 0 Å². The Labute approximate surface area is 268 Å². The van der Waals surface area contributed by atoms with Gasteiger partial charge in [-0.1, -0.05) is 60.7 Å². The van der Waals surface area contributed by atoms with Crippen molar-refractivity contribution in [3.8, 4) is 0 Å². The first-order valence-electron chi connectivity index (χ1n) is 15.7. The van der Waals surface area contributed by atoms with E-state index in [0.717, 1.165) is 5.56 Å². The number of carbonyl (C=O) groups excluding carboxylic acids is 3. The Morgan fingerprint density at radius 1 is 0.756 bits per heavy atom. The smallest absolute Gasteiger partial charge is 0.317 e. The molecule has 2 heterocycles. The van der Waals surface area contributed by atoms with Crippen LogP contribution in [0.25, 0.3) is 0 Å². The minimum absolute atomic E-state index is 0.137. The molecule has 2 aromatic rings. The van der Waals surface area contributed by atoms with Crippen molar-refractivity contribution < 1.29 is 34.1 Å². The highest BCUT2D eigenvalue weighted by atomic mass is 16.6.